The minimum atomic E-state index is 0.0725. The third-order valence-corrected chi connectivity index (χ3v) is 3.59. The molecule has 2 aliphatic heterocycles. The first-order chi connectivity index (χ1) is 7.27. The molecule has 0 radical (unpaired) electrons. The van der Waals surface area contributed by atoms with Gasteiger partial charge in [-0.15, -0.1) is 0 Å². The van der Waals surface area contributed by atoms with Gasteiger partial charge in [0.25, 0.3) is 0 Å². The highest BCUT2D eigenvalue weighted by Gasteiger charge is 2.30. The number of fused-ring (bicyclic) bond motifs is 2. The van der Waals surface area contributed by atoms with Gasteiger partial charge < -0.3 is 14.6 Å². The molecule has 1 aromatic carbocycles. The summed E-state index contributed by atoms with van der Waals surface area (Å²) < 4.78 is 11.0. The summed E-state index contributed by atoms with van der Waals surface area (Å²) in [6, 6.07) is 1.99. The van der Waals surface area contributed by atoms with Crippen molar-refractivity contribution < 1.29 is 14.6 Å². The Morgan fingerprint density at radius 2 is 2.27 bits per heavy atom. The van der Waals surface area contributed by atoms with Crippen molar-refractivity contribution in [1.82, 2.24) is 0 Å². The number of hydrogen-bond acceptors (Lipinski definition) is 3. The topological polar surface area (TPSA) is 38.7 Å². The van der Waals surface area contributed by atoms with Crippen LogP contribution in [0.2, 0.25) is 0 Å². The molecule has 1 aromatic rings. The van der Waals surface area contributed by atoms with E-state index in [4.69, 9.17) is 9.47 Å². The Balaban J connectivity index is 2.20. The maximum absolute atomic E-state index is 10.1. The normalized spacial score (nSPS) is 22.6. The van der Waals surface area contributed by atoms with E-state index in [0.717, 1.165) is 29.7 Å². The lowest BCUT2D eigenvalue weighted by Crippen LogP contribution is -2.08. The van der Waals surface area contributed by atoms with Gasteiger partial charge in [-0.05, 0) is 18.9 Å². The zero-order valence-electron chi connectivity index (χ0n) is 8.12. The van der Waals surface area contributed by atoms with Crippen LogP contribution in [0.1, 0.15) is 22.4 Å². The summed E-state index contributed by atoms with van der Waals surface area (Å²) in [5, 5.41) is 10.1. The predicted molar refractivity (Wildman–Crippen MR) is 59.1 cm³/mol. The van der Waals surface area contributed by atoms with E-state index in [9.17, 15) is 5.11 Å². The fraction of sp³-hybridized carbons (Fsp3) is 0.455. The van der Waals surface area contributed by atoms with E-state index in [0.29, 0.717) is 19.0 Å². The molecule has 3 rings (SSSR count). The zero-order chi connectivity index (χ0) is 10.4. The summed E-state index contributed by atoms with van der Waals surface area (Å²) in [5.41, 5.74) is 1.88. The average Bonchev–Trinajstić information content (AvgIpc) is 2.61. The van der Waals surface area contributed by atoms with Crippen molar-refractivity contribution in [2.24, 2.45) is 0 Å². The molecule has 0 fully saturated rings. The summed E-state index contributed by atoms with van der Waals surface area (Å²) in [4.78, 5) is 0.0725. The summed E-state index contributed by atoms with van der Waals surface area (Å²) in [6.45, 7) is 1.26. The van der Waals surface area contributed by atoms with Crippen LogP contribution in [0.5, 0.6) is 17.2 Å². The van der Waals surface area contributed by atoms with Crippen molar-refractivity contribution in [3.63, 3.8) is 0 Å². The molecule has 2 heterocycles. The van der Waals surface area contributed by atoms with Crippen LogP contribution in [0.4, 0.5) is 0 Å². The molecule has 0 saturated carbocycles. The van der Waals surface area contributed by atoms with E-state index in [2.05, 4.69) is 15.9 Å². The number of phenolic OH excluding ortho intramolecular Hbond substituents is 1. The van der Waals surface area contributed by atoms with Crippen molar-refractivity contribution in [3.8, 4) is 17.2 Å². The van der Waals surface area contributed by atoms with Crippen molar-refractivity contribution in [3.05, 3.63) is 17.2 Å². The highest BCUT2D eigenvalue weighted by atomic mass is 79.9. The minimum absolute atomic E-state index is 0.0725. The predicted octanol–water partition coefficient (Wildman–Crippen LogP) is 2.55. The Labute approximate surface area is 96.1 Å². The molecular weight excluding hydrogens is 260 g/mol. The number of ether oxygens (including phenoxy) is 2. The molecule has 2 aliphatic rings. The summed E-state index contributed by atoms with van der Waals surface area (Å²) in [7, 11) is 0. The number of benzene rings is 1. The molecule has 0 aromatic heterocycles. The van der Waals surface area contributed by atoms with Gasteiger partial charge in [0.2, 0.25) is 0 Å². The van der Waals surface area contributed by atoms with Crippen molar-refractivity contribution >= 4 is 15.9 Å². The van der Waals surface area contributed by atoms with Gasteiger partial charge in [0, 0.05) is 5.56 Å². The van der Waals surface area contributed by atoms with Crippen LogP contribution >= 0.6 is 15.9 Å². The summed E-state index contributed by atoms with van der Waals surface area (Å²) in [6.07, 6.45) is 1.95. The Kier molecular flexibility index (Phi) is 2.06. The number of halogens is 1. The third kappa shape index (κ3) is 1.31. The molecule has 3 nitrogen and oxygen atoms in total. The first kappa shape index (κ1) is 9.33. The van der Waals surface area contributed by atoms with Gasteiger partial charge in [0.1, 0.15) is 12.4 Å². The van der Waals surface area contributed by atoms with Gasteiger partial charge >= 0.3 is 0 Å². The molecule has 1 atom stereocenters. The van der Waals surface area contributed by atoms with Crippen molar-refractivity contribution in [2.75, 3.05) is 13.2 Å². The second kappa shape index (κ2) is 3.30. The smallest absolute Gasteiger partial charge is 0.166 e. The molecule has 0 saturated heterocycles. The molecule has 1 N–H and O–H groups in total. The fourth-order valence-electron chi connectivity index (χ4n) is 2.14. The Hall–Kier alpha value is -0.900. The summed E-state index contributed by atoms with van der Waals surface area (Å²) >= 11 is 3.48. The lowest BCUT2D eigenvalue weighted by Gasteiger charge is -2.20. The Morgan fingerprint density at radius 3 is 3.13 bits per heavy atom. The van der Waals surface area contributed by atoms with Crippen LogP contribution in [-0.4, -0.2) is 18.3 Å². The van der Waals surface area contributed by atoms with Crippen LogP contribution in [-0.2, 0) is 6.42 Å². The van der Waals surface area contributed by atoms with Gasteiger partial charge in [-0.2, -0.15) is 0 Å². The monoisotopic (exact) mass is 270 g/mol. The number of phenols is 1. The van der Waals surface area contributed by atoms with Crippen LogP contribution in [0.3, 0.4) is 0 Å². The maximum Gasteiger partial charge on any atom is 0.166 e. The van der Waals surface area contributed by atoms with Gasteiger partial charge in [-0.25, -0.2) is 0 Å². The largest absolute Gasteiger partial charge is 0.504 e. The highest BCUT2D eigenvalue weighted by molar-refractivity contribution is 9.09. The standard InChI is InChI=1S/C11H11BrO3/c12-7-5-15-8-4-6-2-1-3-14-11(6)10(13)9(7)8/h4,7,13H,1-3,5H2. The van der Waals surface area contributed by atoms with Crippen molar-refractivity contribution in [1.29, 1.82) is 0 Å². The number of aryl methyl sites for hydroxylation is 1. The van der Waals surface area contributed by atoms with Gasteiger partial charge in [-0.3, -0.25) is 0 Å². The molecular formula is C11H11BrO3. The second-order valence-electron chi connectivity index (χ2n) is 3.86. The lowest BCUT2D eigenvalue weighted by atomic mass is 10.0. The average molecular weight is 271 g/mol. The van der Waals surface area contributed by atoms with Gasteiger partial charge in [0.15, 0.2) is 11.5 Å². The van der Waals surface area contributed by atoms with E-state index >= 15 is 0 Å². The number of hydrogen-bond donors (Lipinski definition) is 1. The third-order valence-electron chi connectivity index (χ3n) is 2.87. The second-order valence-corrected chi connectivity index (χ2v) is 4.96. The van der Waals surface area contributed by atoms with Gasteiger partial charge in [-0.1, -0.05) is 15.9 Å². The molecule has 0 bridgehead atoms. The van der Waals surface area contributed by atoms with E-state index < -0.39 is 0 Å². The first-order valence-electron chi connectivity index (χ1n) is 5.06. The van der Waals surface area contributed by atoms with Crippen LogP contribution < -0.4 is 9.47 Å². The molecule has 80 valence electrons. The van der Waals surface area contributed by atoms with E-state index in [-0.39, 0.29) is 10.6 Å². The quantitative estimate of drug-likeness (QED) is 0.737. The Morgan fingerprint density at radius 1 is 1.40 bits per heavy atom. The minimum Gasteiger partial charge on any atom is -0.504 e. The molecule has 1 unspecified atom stereocenters. The van der Waals surface area contributed by atoms with E-state index in [1.54, 1.807) is 0 Å². The molecule has 0 spiro atoms. The molecule has 0 amide bonds. The van der Waals surface area contributed by atoms with E-state index in [1.807, 2.05) is 6.07 Å². The number of alkyl halides is 1. The molecule has 0 aliphatic carbocycles. The highest BCUT2D eigenvalue weighted by Crippen LogP contribution is 2.50. The van der Waals surface area contributed by atoms with E-state index in [1.165, 1.54) is 0 Å². The summed E-state index contributed by atoms with van der Waals surface area (Å²) in [5.74, 6) is 1.69. The maximum atomic E-state index is 10.1. The van der Waals surface area contributed by atoms with Crippen LogP contribution in [0, 0.1) is 0 Å². The van der Waals surface area contributed by atoms with Crippen LogP contribution in [0.25, 0.3) is 0 Å². The van der Waals surface area contributed by atoms with Gasteiger partial charge in [0.05, 0.1) is 17.0 Å². The number of rotatable bonds is 0. The zero-order valence-corrected chi connectivity index (χ0v) is 9.71. The van der Waals surface area contributed by atoms with Crippen molar-refractivity contribution in [2.45, 2.75) is 17.7 Å². The first-order valence-corrected chi connectivity index (χ1v) is 5.97. The lowest BCUT2D eigenvalue weighted by molar-refractivity contribution is 0.271. The Bertz CT molecular complexity index is 416. The molecule has 4 heteroatoms. The SMILES string of the molecule is Oc1c2c(cc3c1C(Br)CO3)CCCO2. The van der Waals surface area contributed by atoms with Crippen LogP contribution in [0.15, 0.2) is 6.07 Å². The number of aromatic hydroxyl groups is 1. The fourth-order valence-corrected chi connectivity index (χ4v) is 2.72. The molecule has 15 heavy (non-hydrogen) atoms.